The van der Waals surface area contributed by atoms with Gasteiger partial charge in [0, 0.05) is 56.5 Å². The summed E-state index contributed by atoms with van der Waals surface area (Å²) in [6.45, 7) is 11.2. The molecule has 3 aliphatic rings. The molecule has 2 amide bonds. The highest BCUT2D eigenvalue weighted by atomic mass is 16.5. The predicted octanol–water partition coefficient (Wildman–Crippen LogP) is 3.85. The molecule has 43 heavy (non-hydrogen) atoms. The molecule has 0 spiro atoms. The summed E-state index contributed by atoms with van der Waals surface area (Å²) in [5, 5.41) is 10.6. The minimum absolute atomic E-state index is 0.0780. The van der Waals surface area contributed by atoms with Gasteiger partial charge in [0.05, 0.1) is 46.8 Å². The third-order valence-electron chi connectivity index (χ3n) is 9.72. The number of ether oxygens (including phenoxy) is 1. The number of carboxylic acid groups (broad SMARTS) is 1. The molecule has 1 aromatic rings. The van der Waals surface area contributed by atoms with E-state index in [2.05, 4.69) is 39.0 Å². The van der Waals surface area contributed by atoms with E-state index >= 15 is 0 Å². The molecule has 0 aliphatic carbocycles. The Morgan fingerprint density at radius 3 is 2.53 bits per heavy atom. The Hall–Kier alpha value is -2.65. The van der Waals surface area contributed by atoms with Crippen LogP contribution in [0.4, 0.5) is 0 Å². The molecule has 2 saturated heterocycles. The van der Waals surface area contributed by atoms with Crippen LogP contribution in [0.2, 0.25) is 0 Å². The molecule has 240 valence electrons. The minimum Gasteiger partial charge on any atom is -0.493 e. The number of hydrogen-bond donors (Lipinski definition) is 1. The number of aliphatic carboxylic acids is 1. The molecule has 0 saturated carbocycles. The van der Waals surface area contributed by atoms with Gasteiger partial charge < -0.3 is 24.1 Å². The lowest BCUT2D eigenvalue weighted by Gasteiger charge is -2.31. The van der Waals surface area contributed by atoms with Crippen molar-refractivity contribution in [2.75, 3.05) is 73.6 Å². The van der Waals surface area contributed by atoms with Crippen molar-refractivity contribution in [3.63, 3.8) is 0 Å². The van der Waals surface area contributed by atoms with Gasteiger partial charge in [0.15, 0.2) is 0 Å². The zero-order chi connectivity index (χ0) is 31.4. The molecule has 2 fully saturated rings. The molecule has 0 radical (unpaired) electrons. The summed E-state index contributed by atoms with van der Waals surface area (Å²) < 4.78 is 6.61. The van der Waals surface area contributed by atoms with Crippen LogP contribution in [0.5, 0.6) is 5.75 Å². The normalized spacial score (nSPS) is 23.4. The van der Waals surface area contributed by atoms with E-state index in [1.807, 2.05) is 35.8 Å². The SMILES string of the molecule is CCCCN(CCCC[N+](C)(C)C)C(=O)CN1CC(c2ccc3c(c2)CCO3)C(C(=O)O)C1CCN1CCC(C)(C)C1=O. The lowest BCUT2D eigenvalue weighted by atomic mass is 9.83. The van der Waals surface area contributed by atoms with Crippen molar-refractivity contribution in [2.24, 2.45) is 11.3 Å². The molecule has 1 aromatic carbocycles. The predicted molar refractivity (Wildman–Crippen MR) is 168 cm³/mol. The molecule has 4 rings (SSSR count). The minimum atomic E-state index is -0.835. The average Bonchev–Trinajstić information content (AvgIpc) is 3.62. The van der Waals surface area contributed by atoms with E-state index in [9.17, 15) is 19.5 Å². The van der Waals surface area contributed by atoms with Crippen LogP contribution in [0, 0.1) is 11.3 Å². The zero-order valence-electron chi connectivity index (χ0n) is 27.4. The lowest BCUT2D eigenvalue weighted by Crippen LogP contribution is -2.46. The van der Waals surface area contributed by atoms with E-state index in [1.165, 1.54) is 0 Å². The average molecular weight is 600 g/mol. The maximum Gasteiger partial charge on any atom is 0.308 e. The second-order valence-electron chi connectivity index (χ2n) is 14.6. The molecule has 3 heterocycles. The quantitative estimate of drug-likeness (QED) is 0.243. The van der Waals surface area contributed by atoms with Crippen LogP contribution in [0.25, 0.3) is 0 Å². The summed E-state index contributed by atoms with van der Waals surface area (Å²) in [7, 11) is 6.56. The largest absolute Gasteiger partial charge is 0.493 e. The van der Waals surface area contributed by atoms with Crippen molar-refractivity contribution >= 4 is 17.8 Å². The summed E-state index contributed by atoms with van der Waals surface area (Å²) in [6.07, 6.45) is 6.15. The maximum atomic E-state index is 13.9. The van der Waals surface area contributed by atoms with Crippen molar-refractivity contribution in [1.29, 1.82) is 0 Å². The number of likely N-dealkylation sites (tertiary alicyclic amines) is 2. The number of unbranched alkanes of at least 4 members (excludes halogenated alkanes) is 2. The van der Waals surface area contributed by atoms with Crippen molar-refractivity contribution in [3.8, 4) is 5.75 Å². The molecule has 9 heteroatoms. The van der Waals surface area contributed by atoms with Crippen LogP contribution in [0.3, 0.4) is 0 Å². The van der Waals surface area contributed by atoms with Gasteiger partial charge in [0.1, 0.15) is 5.75 Å². The van der Waals surface area contributed by atoms with E-state index in [4.69, 9.17) is 4.74 Å². The second-order valence-corrected chi connectivity index (χ2v) is 14.6. The highest BCUT2D eigenvalue weighted by molar-refractivity contribution is 5.84. The topological polar surface area (TPSA) is 90.4 Å². The summed E-state index contributed by atoms with van der Waals surface area (Å²) in [6, 6.07) is 5.74. The van der Waals surface area contributed by atoms with Gasteiger partial charge in [0.25, 0.3) is 0 Å². The monoisotopic (exact) mass is 599 g/mol. The molecule has 1 N–H and O–H groups in total. The number of benzene rings is 1. The Morgan fingerprint density at radius 2 is 1.88 bits per heavy atom. The molecule has 3 unspecified atom stereocenters. The smallest absolute Gasteiger partial charge is 0.308 e. The van der Waals surface area contributed by atoms with Crippen LogP contribution in [0.15, 0.2) is 18.2 Å². The van der Waals surface area contributed by atoms with Gasteiger partial charge >= 0.3 is 5.97 Å². The fourth-order valence-corrected chi connectivity index (χ4v) is 7.05. The highest BCUT2D eigenvalue weighted by Gasteiger charge is 2.48. The van der Waals surface area contributed by atoms with Gasteiger partial charge in [-0.1, -0.05) is 39.3 Å². The summed E-state index contributed by atoms with van der Waals surface area (Å²) in [5.74, 6) is -0.640. The van der Waals surface area contributed by atoms with Crippen molar-refractivity contribution < 1.29 is 28.7 Å². The van der Waals surface area contributed by atoms with Crippen molar-refractivity contribution in [2.45, 2.75) is 77.7 Å². The van der Waals surface area contributed by atoms with E-state index in [0.29, 0.717) is 32.7 Å². The van der Waals surface area contributed by atoms with Crippen LogP contribution < -0.4 is 4.74 Å². The molecule has 9 nitrogen and oxygen atoms in total. The van der Waals surface area contributed by atoms with Crippen molar-refractivity contribution in [1.82, 2.24) is 14.7 Å². The van der Waals surface area contributed by atoms with Crippen LogP contribution in [-0.2, 0) is 20.8 Å². The van der Waals surface area contributed by atoms with Crippen LogP contribution in [-0.4, -0.2) is 122 Å². The van der Waals surface area contributed by atoms with Gasteiger partial charge in [-0.25, -0.2) is 0 Å². The van der Waals surface area contributed by atoms with Gasteiger partial charge in [-0.15, -0.1) is 0 Å². The number of hydrogen-bond acceptors (Lipinski definition) is 5. The third-order valence-corrected chi connectivity index (χ3v) is 9.72. The molecule has 3 atom stereocenters. The Bertz CT molecular complexity index is 1150. The summed E-state index contributed by atoms with van der Waals surface area (Å²) in [5.41, 5.74) is 1.74. The van der Waals surface area contributed by atoms with E-state index < -0.39 is 11.9 Å². The molecular weight excluding hydrogens is 544 g/mol. The Kier molecular flexibility index (Phi) is 10.8. The third kappa shape index (κ3) is 8.29. The standard InChI is InChI=1S/C34H54N4O5/c1-7-8-16-35(17-9-10-20-38(4,5)6)30(39)24-37-23-27(25-11-12-29-26(22-25)14-21-43-29)31(32(40)41)28(37)13-18-36-19-15-34(2,3)33(36)42/h11-12,22,27-28,31H,7-10,13-21,23-24H2,1-6H3/p+1. The number of carboxylic acids is 1. The Balaban J connectivity index is 1.54. The van der Waals surface area contributed by atoms with E-state index in [1.54, 1.807) is 0 Å². The second kappa shape index (κ2) is 14.0. The number of carbonyl (C=O) groups is 3. The Morgan fingerprint density at radius 1 is 1.14 bits per heavy atom. The Labute approximate surface area is 258 Å². The molecule has 0 aromatic heterocycles. The first-order valence-corrected chi connectivity index (χ1v) is 16.4. The lowest BCUT2D eigenvalue weighted by molar-refractivity contribution is -0.870. The molecule has 3 aliphatic heterocycles. The van der Waals surface area contributed by atoms with E-state index in [0.717, 1.165) is 79.5 Å². The first kappa shape index (κ1) is 33.2. The fraction of sp³-hybridized carbons (Fsp3) is 0.735. The maximum absolute atomic E-state index is 13.9. The number of carbonyl (C=O) groups excluding carboxylic acids is 2. The number of rotatable bonds is 15. The van der Waals surface area contributed by atoms with Gasteiger partial charge in [-0.2, -0.15) is 0 Å². The highest BCUT2D eigenvalue weighted by Crippen LogP contribution is 2.41. The van der Waals surface area contributed by atoms with Gasteiger partial charge in [-0.05, 0) is 49.3 Å². The zero-order valence-corrected chi connectivity index (χ0v) is 27.4. The van der Waals surface area contributed by atoms with Crippen LogP contribution in [0.1, 0.15) is 76.3 Å². The summed E-state index contributed by atoms with van der Waals surface area (Å²) >= 11 is 0. The van der Waals surface area contributed by atoms with Crippen LogP contribution >= 0.6 is 0 Å². The van der Waals surface area contributed by atoms with E-state index in [-0.39, 0.29) is 35.7 Å². The number of quaternary nitrogens is 1. The number of nitrogens with zero attached hydrogens (tertiary/aromatic N) is 4. The number of amides is 2. The number of fused-ring (bicyclic) bond motifs is 1. The molecule has 0 bridgehead atoms. The fourth-order valence-electron chi connectivity index (χ4n) is 7.05. The first-order valence-electron chi connectivity index (χ1n) is 16.4. The molecular formula is C34H55N4O5+. The van der Waals surface area contributed by atoms with Gasteiger partial charge in [-0.3, -0.25) is 19.3 Å². The van der Waals surface area contributed by atoms with Crippen molar-refractivity contribution in [3.05, 3.63) is 29.3 Å². The first-order chi connectivity index (χ1) is 20.3. The summed E-state index contributed by atoms with van der Waals surface area (Å²) in [4.78, 5) is 45.8. The van der Waals surface area contributed by atoms with Gasteiger partial charge in [0.2, 0.25) is 11.8 Å².